The van der Waals surface area contributed by atoms with Gasteiger partial charge in [0.25, 0.3) is 0 Å². The predicted octanol–water partition coefficient (Wildman–Crippen LogP) is 2.96. The molecule has 0 heterocycles. The van der Waals surface area contributed by atoms with Crippen LogP contribution in [0.2, 0.25) is 0 Å². The molecule has 1 fully saturated rings. The minimum atomic E-state index is 0.489. The lowest BCUT2D eigenvalue weighted by Crippen LogP contribution is -2.33. The van der Waals surface area contributed by atoms with Crippen molar-refractivity contribution in [2.24, 2.45) is 17.8 Å². The van der Waals surface area contributed by atoms with Crippen molar-refractivity contribution in [3.05, 3.63) is 11.6 Å². The first-order valence-electron chi connectivity index (χ1n) is 5.34. The Morgan fingerprint density at radius 1 is 1.31 bits per heavy atom. The van der Waals surface area contributed by atoms with Gasteiger partial charge in [-0.2, -0.15) is 0 Å². The second-order valence-electron chi connectivity index (χ2n) is 4.84. The summed E-state index contributed by atoms with van der Waals surface area (Å²) >= 11 is 0. The Morgan fingerprint density at radius 2 is 2.08 bits per heavy atom. The quantitative estimate of drug-likeness (QED) is 0.521. The summed E-state index contributed by atoms with van der Waals surface area (Å²) in [6, 6.07) is 0. The van der Waals surface area contributed by atoms with Crippen LogP contribution in [0.25, 0.3) is 0 Å². The van der Waals surface area contributed by atoms with Gasteiger partial charge in [0, 0.05) is 12.8 Å². The molecule has 1 saturated carbocycles. The van der Waals surface area contributed by atoms with E-state index < -0.39 is 0 Å². The minimum Gasteiger partial charge on any atom is -0.300 e. The Kier molecular flexibility index (Phi) is 2.27. The van der Waals surface area contributed by atoms with Gasteiger partial charge >= 0.3 is 0 Å². The van der Waals surface area contributed by atoms with E-state index in [0.29, 0.717) is 17.6 Å². The molecule has 2 aliphatic carbocycles. The van der Waals surface area contributed by atoms with Gasteiger partial charge in [-0.25, -0.2) is 0 Å². The molecular formula is C12H18O. The smallest absolute Gasteiger partial charge is 0.133 e. The largest absolute Gasteiger partial charge is 0.300 e. The van der Waals surface area contributed by atoms with E-state index in [2.05, 4.69) is 19.9 Å². The van der Waals surface area contributed by atoms with Crippen LogP contribution < -0.4 is 0 Å². The van der Waals surface area contributed by atoms with Gasteiger partial charge in [-0.15, -0.1) is 0 Å². The first-order chi connectivity index (χ1) is 6.16. The molecule has 3 unspecified atom stereocenters. The molecule has 0 N–H and O–H groups in total. The summed E-state index contributed by atoms with van der Waals surface area (Å²) in [5.74, 6) is 2.57. The maximum absolute atomic E-state index is 11.4. The molecule has 2 rings (SSSR count). The molecule has 1 heteroatoms. The van der Waals surface area contributed by atoms with Gasteiger partial charge in [0.05, 0.1) is 0 Å². The van der Waals surface area contributed by atoms with Gasteiger partial charge < -0.3 is 0 Å². The van der Waals surface area contributed by atoms with E-state index in [-0.39, 0.29) is 0 Å². The lowest BCUT2D eigenvalue weighted by Gasteiger charge is -2.38. The maximum atomic E-state index is 11.4. The summed E-state index contributed by atoms with van der Waals surface area (Å²) in [5, 5.41) is 0. The zero-order valence-electron chi connectivity index (χ0n) is 8.55. The van der Waals surface area contributed by atoms with Crippen LogP contribution >= 0.6 is 0 Å². The molecule has 0 aromatic carbocycles. The lowest BCUT2D eigenvalue weighted by atomic mass is 9.66. The average Bonchev–Trinajstić information content (AvgIpc) is 2.02. The first kappa shape index (κ1) is 8.98. The van der Waals surface area contributed by atoms with E-state index in [4.69, 9.17) is 0 Å². The fourth-order valence-electron chi connectivity index (χ4n) is 2.98. The van der Waals surface area contributed by atoms with Crippen LogP contribution in [-0.2, 0) is 4.79 Å². The van der Waals surface area contributed by atoms with Crippen LogP contribution in [0.4, 0.5) is 0 Å². The van der Waals surface area contributed by atoms with E-state index in [1.807, 2.05) is 0 Å². The van der Waals surface area contributed by atoms with Crippen molar-refractivity contribution in [2.75, 3.05) is 0 Å². The summed E-state index contributed by atoms with van der Waals surface area (Å²) in [4.78, 5) is 11.4. The third-order valence-corrected chi connectivity index (χ3v) is 3.70. The SMILES string of the molecule is CC1=CCC2C(C)CC(=O)CC2C1. The fraction of sp³-hybridized carbons (Fsp3) is 0.750. The number of carbonyl (C=O) groups excluding carboxylic acids is 1. The van der Waals surface area contributed by atoms with Crippen LogP contribution in [0, 0.1) is 17.8 Å². The molecule has 0 aromatic rings. The van der Waals surface area contributed by atoms with Gasteiger partial charge in [0.15, 0.2) is 0 Å². The number of allylic oxidation sites excluding steroid dienone is 2. The van der Waals surface area contributed by atoms with E-state index in [1.54, 1.807) is 0 Å². The van der Waals surface area contributed by atoms with Crippen molar-refractivity contribution < 1.29 is 4.79 Å². The predicted molar refractivity (Wildman–Crippen MR) is 53.4 cm³/mol. The first-order valence-corrected chi connectivity index (χ1v) is 5.34. The Labute approximate surface area is 80.2 Å². The Bertz CT molecular complexity index is 252. The number of rotatable bonds is 0. The molecule has 1 nitrogen and oxygen atoms in total. The van der Waals surface area contributed by atoms with E-state index in [0.717, 1.165) is 18.8 Å². The van der Waals surface area contributed by atoms with Crippen LogP contribution in [0.1, 0.15) is 39.5 Å². The molecule has 0 spiro atoms. The zero-order chi connectivity index (χ0) is 9.42. The zero-order valence-corrected chi connectivity index (χ0v) is 8.55. The minimum absolute atomic E-state index is 0.489. The number of Topliss-reactive ketones (excluding diaryl/α,β-unsaturated/α-hetero) is 1. The highest BCUT2D eigenvalue weighted by molar-refractivity contribution is 5.79. The molecule has 0 saturated heterocycles. The van der Waals surface area contributed by atoms with E-state index in [1.165, 1.54) is 18.4 Å². The molecule has 0 aliphatic heterocycles. The topological polar surface area (TPSA) is 17.1 Å². The van der Waals surface area contributed by atoms with Gasteiger partial charge in [0.2, 0.25) is 0 Å². The lowest BCUT2D eigenvalue weighted by molar-refractivity contribution is -0.124. The van der Waals surface area contributed by atoms with Gasteiger partial charge in [-0.1, -0.05) is 18.6 Å². The van der Waals surface area contributed by atoms with Crippen LogP contribution in [0.3, 0.4) is 0 Å². The number of fused-ring (bicyclic) bond motifs is 1. The second-order valence-corrected chi connectivity index (χ2v) is 4.84. The van der Waals surface area contributed by atoms with Crippen molar-refractivity contribution in [3.63, 3.8) is 0 Å². The van der Waals surface area contributed by atoms with Crippen LogP contribution in [-0.4, -0.2) is 5.78 Å². The summed E-state index contributed by atoms with van der Waals surface area (Å²) < 4.78 is 0. The highest BCUT2D eigenvalue weighted by atomic mass is 16.1. The highest BCUT2D eigenvalue weighted by Crippen LogP contribution is 2.41. The van der Waals surface area contributed by atoms with Crippen molar-refractivity contribution >= 4 is 5.78 Å². The Balaban J connectivity index is 2.14. The summed E-state index contributed by atoms with van der Waals surface area (Å²) in [5.41, 5.74) is 1.49. The van der Waals surface area contributed by atoms with E-state index in [9.17, 15) is 4.79 Å². The molecule has 0 aromatic heterocycles. The molecule has 2 aliphatic rings. The molecule has 13 heavy (non-hydrogen) atoms. The third kappa shape index (κ3) is 1.70. The normalized spacial score (nSPS) is 39.7. The van der Waals surface area contributed by atoms with Gasteiger partial charge in [0.1, 0.15) is 5.78 Å². The summed E-state index contributed by atoms with van der Waals surface area (Å²) in [6.45, 7) is 4.43. The van der Waals surface area contributed by atoms with Gasteiger partial charge in [-0.05, 0) is 37.5 Å². The highest BCUT2D eigenvalue weighted by Gasteiger charge is 2.35. The maximum Gasteiger partial charge on any atom is 0.133 e. The molecule has 72 valence electrons. The number of hydrogen-bond acceptors (Lipinski definition) is 1. The number of carbonyl (C=O) groups is 1. The molecular weight excluding hydrogens is 160 g/mol. The Morgan fingerprint density at radius 3 is 2.85 bits per heavy atom. The van der Waals surface area contributed by atoms with Crippen molar-refractivity contribution in [1.29, 1.82) is 0 Å². The van der Waals surface area contributed by atoms with E-state index >= 15 is 0 Å². The average molecular weight is 178 g/mol. The molecule has 0 amide bonds. The monoisotopic (exact) mass is 178 g/mol. The van der Waals surface area contributed by atoms with Crippen LogP contribution in [0.15, 0.2) is 11.6 Å². The molecule has 3 atom stereocenters. The molecule has 0 bridgehead atoms. The molecule has 0 radical (unpaired) electrons. The summed E-state index contributed by atoms with van der Waals surface area (Å²) in [7, 11) is 0. The summed E-state index contributed by atoms with van der Waals surface area (Å²) in [6.07, 6.45) is 6.42. The second kappa shape index (κ2) is 3.28. The van der Waals surface area contributed by atoms with Gasteiger partial charge in [-0.3, -0.25) is 4.79 Å². The Hall–Kier alpha value is -0.590. The number of hydrogen-bond donors (Lipinski definition) is 0. The third-order valence-electron chi connectivity index (χ3n) is 3.70. The van der Waals surface area contributed by atoms with Crippen molar-refractivity contribution in [2.45, 2.75) is 39.5 Å². The van der Waals surface area contributed by atoms with Crippen molar-refractivity contribution in [3.8, 4) is 0 Å². The standard InChI is InChI=1S/C12H18O/c1-8-3-4-12-9(2)6-11(13)7-10(12)5-8/h3,9-10,12H,4-7H2,1-2H3. The van der Waals surface area contributed by atoms with Crippen molar-refractivity contribution in [1.82, 2.24) is 0 Å². The van der Waals surface area contributed by atoms with Crippen LogP contribution in [0.5, 0.6) is 0 Å². The fourth-order valence-corrected chi connectivity index (χ4v) is 2.98. The number of ketones is 1.